The molecule has 0 fully saturated rings. The zero-order valence-electron chi connectivity index (χ0n) is 10.2. The van der Waals surface area contributed by atoms with Gasteiger partial charge in [0.2, 0.25) is 0 Å². The number of nitrogens with one attached hydrogen (secondary N) is 1. The molecule has 1 aromatic carbocycles. The van der Waals surface area contributed by atoms with E-state index in [0.29, 0.717) is 0 Å². The third kappa shape index (κ3) is 1.55. The number of rotatable bonds is 2. The van der Waals surface area contributed by atoms with Crippen LogP contribution in [0.3, 0.4) is 0 Å². The first kappa shape index (κ1) is 10.4. The second-order valence-electron chi connectivity index (χ2n) is 4.41. The monoisotopic (exact) mass is 252 g/mol. The highest BCUT2D eigenvalue weighted by molar-refractivity contribution is 5.57. The van der Waals surface area contributed by atoms with Crippen molar-refractivity contribution in [2.75, 3.05) is 6.61 Å². The van der Waals surface area contributed by atoms with E-state index in [2.05, 4.69) is 21.0 Å². The van der Waals surface area contributed by atoms with Crippen molar-refractivity contribution in [3.63, 3.8) is 0 Å². The summed E-state index contributed by atoms with van der Waals surface area (Å²) in [4.78, 5) is 11.7. The van der Waals surface area contributed by atoms with Gasteiger partial charge >= 0.3 is 0 Å². The minimum atomic E-state index is 0.747. The second kappa shape index (κ2) is 3.98. The van der Waals surface area contributed by atoms with Gasteiger partial charge in [-0.15, -0.1) is 0 Å². The van der Waals surface area contributed by atoms with Crippen LogP contribution in [0, 0.1) is 0 Å². The number of hydrogen-bond donors (Lipinski definition) is 1. The van der Waals surface area contributed by atoms with E-state index < -0.39 is 0 Å². The van der Waals surface area contributed by atoms with E-state index in [1.54, 1.807) is 18.6 Å². The number of hydrogen-bond acceptors (Lipinski definition) is 3. The highest BCUT2D eigenvalue weighted by Crippen LogP contribution is 2.32. The molecule has 1 aliphatic rings. The Labute approximate surface area is 109 Å². The molecule has 2 aromatic heterocycles. The van der Waals surface area contributed by atoms with Gasteiger partial charge in [0.25, 0.3) is 0 Å². The second-order valence-corrected chi connectivity index (χ2v) is 4.41. The lowest BCUT2D eigenvalue weighted by Gasteiger charge is -2.10. The molecule has 5 heteroatoms. The molecular formula is C14H12N4O. The molecule has 0 aliphatic carbocycles. The average Bonchev–Trinajstić information content (AvgIpc) is 3.18. The lowest BCUT2D eigenvalue weighted by Crippen LogP contribution is -2.00. The van der Waals surface area contributed by atoms with E-state index in [9.17, 15) is 0 Å². The van der Waals surface area contributed by atoms with Crippen molar-refractivity contribution in [2.45, 2.75) is 6.42 Å². The number of benzene rings is 1. The van der Waals surface area contributed by atoms with Gasteiger partial charge in [0.15, 0.2) is 11.6 Å². The van der Waals surface area contributed by atoms with Crippen molar-refractivity contribution in [3.05, 3.63) is 48.5 Å². The molecule has 0 saturated heterocycles. The molecule has 0 bridgehead atoms. The van der Waals surface area contributed by atoms with Crippen LogP contribution in [-0.2, 0) is 6.42 Å². The van der Waals surface area contributed by atoms with Gasteiger partial charge in [-0.05, 0) is 12.1 Å². The van der Waals surface area contributed by atoms with E-state index in [1.807, 2.05) is 22.9 Å². The van der Waals surface area contributed by atoms with Crippen molar-refractivity contribution in [2.24, 2.45) is 0 Å². The predicted octanol–water partition coefficient (Wildman–Crippen LogP) is 2.20. The number of imidazole rings is 2. The van der Waals surface area contributed by atoms with Crippen LogP contribution in [0.25, 0.3) is 17.3 Å². The normalized spacial score (nSPS) is 13.3. The van der Waals surface area contributed by atoms with Gasteiger partial charge in [0.05, 0.1) is 12.3 Å². The molecule has 5 nitrogen and oxygen atoms in total. The van der Waals surface area contributed by atoms with Crippen LogP contribution in [0.5, 0.6) is 5.75 Å². The largest absolute Gasteiger partial charge is 0.493 e. The Hall–Kier alpha value is -2.56. The van der Waals surface area contributed by atoms with Crippen molar-refractivity contribution < 1.29 is 4.74 Å². The van der Waals surface area contributed by atoms with Gasteiger partial charge in [0, 0.05) is 36.8 Å². The van der Waals surface area contributed by atoms with E-state index in [4.69, 9.17) is 4.74 Å². The van der Waals surface area contributed by atoms with Gasteiger partial charge in [-0.3, -0.25) is 4.57 Å². The Kier molecular flexibility index (Phi) is 2.17. The molecule has 4 rings (SSSR count). The number of aromatic amines is 1. The van der Waals surface area contributed by atoms with Crippen LogP contribution >= 0.6 is 0 Å². The highest BCUT2D eigenvalue weighted by Gasteiger charge is 2.19. The van der Waals surface area contributed by atoms with Gasteiger partial charge in [-0.25, -0.2) is 9.97 Å². The number of H-pyrrole nitrogens is 1. The Morgan fingerprint density at radius 1 is 1.21 bits per heavy atom. The summed E-state index contributed by atoms with van der Waals surface area (Å²) >= 11 is 0. The van der Waals surface area contributed by atoms with E-state index >= 15 is 0 Å². The molecule has 3 heterocycles. The SMILES string of the molecule is c1cc2c(c(-n3ccnc3-c3ncc[nH]3)c1)CCO2. The maximum Gasteiger partial charge on any atom is 0.180 e. The van der Waals surface area contributed by atoms with E-state index in [-0.39, 0.29) is 0 Å². The first-order valence-electron chi connectivity index (χ1n) is 6.21. The smallest absolute Gasteiger partial charge is 0.180 e. The molecule has 0 radical (unpaired) electrons. The quantitative estimate of drug-likeness (QED) is 0.760. The van der Waals surface area contributed by atoms with Crippen LogP contribution in [0.1, 0.15) is 5.56 Å². The van der Waals surface area contributed by atoms with Crippen LogP contribution in [0.2, 0.25) is 0 Å². The molecule has 0 atom stereocenters. The molecule has 1 N–H and O–H groups in total. The summed E-state index contributed by atoms with van der Waals surface area (Å²) in [5, 5.41) is 0. The van der Waals surface area contributed by atoms with E-state index in [0.717, 1.165) is 36.1 Å². The van der Waals surface area contributed by atoms with Gasteiger partial charge in [0.1, 0.15) is 5.75 Å². The summed E-state index contributed by atoms with van der Waals surface area (Å²) in [5.41, 5.74) is 2.34. The molecule has 0 spiro atoms. The topological polar surface area (TPSA) is 55.7 Å². The van der Waals surface area contributed by atoms with E-state index in [1.165, 1.54) is 5.56 Å². The summed E-state index contributed by atoms with van der Waals surface area (Å²) in [7, 11) is 0. The Morgan fingerprint density at radius 2 is 2.21 bits per heavy atom. The average molecular weight is 252 g/mol. The minimum absolute atomic E-state index is 0.747. The third-order valence-electron chi connectivity index (χ3n) is 3.33. The summed E-state index contributed by atoms with van der Waals surface area (Å²) < 4.78 is 7.66. The van der Waals surface area contributed by atoms with Gasteiger partial charge in [-0.1, -0.05) is 6.07 Å². The maximum absolute atomic E-state index is 5.61. The lowest BCUT2D eigenvalue weighted by molar-refractivity contribution is 0.357. The number of fused-ring (bicyclic) bond motifs is 1. The maximum atomic E-state index is 5.61. The first-order chi connectivity index (χ1) is 9.43. The zero-order chi connectivity index (χ0) is 12.7. The highest BCUT2D eigenvalue weighted by atomic mass is 16.5. The Morgan fingerprint density at radius 3 is 3.11 bits per heavy atom. The first-order valence-corrected chi connectivity index (χ1v) is 6.21. The predicted molar refractivity (Wildman–Crippen MR) is 70.3 cm³/mol. The zero-order valence-corrected chi connectivity index (χ0v) is 10.2. The third-order valence-corrected chi connectivity index (χ3v) is 3.33. The molecular weight excluding hydrogens is 240 g/mol. The van der Waals surface area contributed by atoms with Crippen LogP contribution in [0.4, 0.5) is 0 Å². The van der Waals surface area contributed by atoms with Crippen molar-refractivity contribution in [1.82, 2.24) is 19.5 Å². The number of nitrogens with zero attached hydrogens (tertiary/aromatic N) is 3. The minimum Gasteiger partial charge on any atom is -0.493 e. The molecule has 0 saturated carbocycles. The van der Waals surface area contributed by atoms with Crippen LogP contribution in [-0.4, -0.2) is 26.1 Å². The van der Waals surface area contributed by atoms with Gasteiger partial charge in [-0.2, -0.15) is 0 Å². The van der Waals surface area contributed by atoms with Crippen LogP contribution < -0.4 is 4.74 Å². The fraction of sp³-hybridized carbons (Fsp3) is 0.143. The molecule has 0 unspecified atom stereocenters. The molecule has 94 valence electrons. The number of aromatic nitrogens is 4. The summed E-state index contributed by atoms with van der Waals surface area (Å²) in [6.45, 7) is 0.747. The Bertz CT molecular complexity index is 715. The summed E-state index contributed by atoms with van der Waals surface area (Å²) in [6, 6.07) is 6.10. The lowest BCUT2D eigenvalue weighted by atomic mass is 10.1. The molecule has 1 aliphatic heterocycles. The number of ether oxygens (including phenoxy) is 1. The molecule has 0 amide bonds. The summed E-state index contributed by atoms with van der Waals surface area (Å²) in [5.74, 6) is 2.54. The van der Waals surface area contributed by atoms with Crippen molar-refractivity contribution in [3.8, 4) is 23.1 Å². The van der Waals surface area contributed by atoms with Gasteiger partial charge < -0.3 is 9.72 Å². The molecule has 19 heavy (non-hydrogen) atoms. The summed E-state index contributed by atoms with van der Waals surface area (Å²) in [6.07, 6.45) is 8.19. The van der Waals surface area contributed by atoms with Crippen LogP contribution in [0.15, 0.2) is 43.0 Å². The standard InChI is InChI=1S/C14H12N4O/c1-2-11(10-4-9-19-12(10)3-1)18-8-7-17-14(18)13-15-5-6-16-13/h1-3,5-8H,4,9H2,(H,15,16). The fourth-order valence-electron chi connectivity index (χ4n) is 2.49. The van der Waals surface area contributed by atoms with Crippen molar-refractivity contribution >= 4 is 0 Å². The van der Waals surface area contributed by atoms with Crippen molar-refractivity contribution in [1.29, 1.82) is 0 Å². The fourth-order valence-corrected chi connectivity index (χ4v) is 2.49. The Balaban J connectivity index is 1.91. The molecule has 3 aromatic rings.